The number of amides is 2. The van der Waals surface area contributed by atoms with Crippen molar-refractivity contribution < 1.29 is 23.8 Å². The van der Waals surface area contributed by atoms with Crippen LogP contribution in [0.2, 0.25) is 0 Å². The molecule has 0 spiro atoms. The lowest BCUT2D eigenvalue weighted by atomic mass is 9.69. The maximum atomic E-state index is 14.7. The number of nitrogens with one attached hydrogen (secondary N) is 1. The van der Waals surface area contributed by atoms with E-state index in [0.717, 1.165) is 24.8 Å². The molecular formula is C30H42FN3O4. The number of piperazine rings is 1. The molecule has 5 atom stereocenters. The minimum Gasteiger partial charge on any atom is -0.380 e. The lowest BCUT2D eigenvalue weighted by molar-refractivity contribution is -0.146. The molecule has 3 saturated carbocycles. The van der Waals surface area contributed by atoms with E-state index < -0.39 is 17.4 Å². The zero-order valence-corrected chi connectivity index (χ0v) is 22.5. The molecule has 0 aromatic heterocycles. The summed E-state index contributed by atoms with van der Waals surface area (Å²) < 4.78 is 21.5. The molecule has 7 nitrogen and oxygen atoms in total. The minimum atomic E-state index is -1.18. The fraction of sp³-hybridized carbons (Fsp3) is 0.733. The van der Waals surface area contributed by atoms with Crippen molar-refractivity contribution >= 4 is 11.8 Å². The Labute approximate surface area is 225 Å². The largest absolute Gasteiger partial charge is 0.380 e. The van der Waals surface area contributed by atoms with Gasteiger partial charge >= 0.3 is 0 Å². The Morgan fingerprint density at radius 3 is 2.39 bits per heavy atom. The van der Waals surface area contributed by atoms with E-state index in [1.54, 1.807) is 9.80 Å². The van der Waals surface area contributed by atoms with Gasteiger partial charge in [-0.3, -0.25) is 14.9 Å². The van der Waals surface area contributed by atoms with Crippen molar-refractivity contribution in [3.63, 3.8) is 0 Å². The summed E-state index contributed by atoms with van der Waals surface area (Å²) in [4.78, 5) is 29.4. The molecule has 3 aliphatic carbocycles. The van der Waals surface area contributed by atoms with Gasteiger partial charge in [0.2, 0.25) is 0 Å². The average molecular weight is 528 g/mol. The van der Waals surface area contributed by atoms with E-state index in [1.807, 2.05) is 31.2 Å². The molecule has 2 saturated heterocycles. The highest BCUT2D eigenvalue weighted by Gasteiger charge is 2.56. The van der Waals surface area contributed by atoms with Gasteiger partial charge in [0.1, 0.15) is 18.0 Å². The molecule has 6 rings (SSSR count). The van der Waals surface area contributed by atoms with Crippen LogP contribution < -0.4 is 5.32 Å². The monoisotopic (exact) mass is 527 g/mol. The lowest BCUT2D eigenvalue weighted by Gasteiger charge is -2.44. The van der Waals surface area contributed by atoms with Gasteiger partial charge in [-0.2, -0.15) is 0 Å². The van der Waals surface area contributed by atoms with Gasteiger partial charge < -0.3 is 19.6 Å². The van der Waals surface area contributed by atoms with Gasteiger partial charge in [0, 0.05) is 43.7 Å². The number of alkyl halides is 1. The van der Waals surface area contributed by atoms with Crippen LogP contribution >= 0.6 is 0 Å². The number of ether oxygens (including phenoxy) is 1. The van der Waals surface area contributed by atoms with Gasteiger partial charge in [0.05, 0.1) is 5.60 Å². The normalized spacial score (nSPS) is 35.4. The first-order chi connectivity index (χ1) is 18.3. The number of benzene rings is 1. The highest BCUT2D eigenvalue weighted by atomic mass is 19.1. The summed E-state index contributed by atoms with van der Waals surface area (Å²) >= 11 is 0. The molecule has 2 N–H and O–H groups in total. The van der Waals surface area contributed by atoms with Crippen LogP contribution in [0, 0.1) is 5.92 Å². The fourth-order valence-corrected chi connectivity index (χ4v) is 7.48. The Hall–Kier alpha value is -2.03. The van der Waals surface area contributed by atoms with Crippen molar-refractivity contribution in [3.8, 4) is 0 Å². The predicted octanol–water partition coefficient (Wildman–Crippen LogP) is 4.10. The first kappa shape index (κ1) is 26.2. The van der Waals surface area contributed by atoms with Crippen LogP contribution in [-0.4, -0.2) is 75.8 Å². The molecule has 38 heavy (non-hydrogen) atoms. The quantitative estimate of drug-likeness (QED) is 0.576. The number of rotatable bonds is 4. The minimum absolute atomic E-state index is 0.0511. The Morgan fingerprint density at radius 1 is 1.03 bits per heavy atom. The van der Waals surface area contributed by atoms with Crippen molar-refractivity contribution in [3.05, 3.63) is 35.4 Å². The highest BCUT2D eigenvalue weighted by molar-refractivity contribution is 5.94. The van der Waals surface area contributed by atoms with E-state index in [0.29, 0.717) is 56.8 Å². The standard InChI is InChI=1S/C30H42FN3O4/c1-20-19-33(16-17-34(20)28(36)29(37)14-15-29)27(35)22-10-8-21(9-11-22)26-32-25-13-12-24(31)18-30(25,38-26)23-6-4-2-3-5-7-23/h8-11,20,23-26,32,37H,2-7,12-19H2,1H3/t20-,24?,25?,26?,30?/m1/s1. The Bertz CT molecular complexity index is 1040. The third-order valence-corrected chi connectivity index (χ3v) is 9.89. The smallest absolute Gasteiger partial charge is 0.254 e. The molecule has 1 aromatic rings. The van der Waals surface area contributed by atoms with Crippen LogP contribution in [0.3, 0.4) is 0 Å². The number of nitrogens with zero attached hydrogens (tertiary/aromatic N) is 2. The van der Waals surface area contributed by atoms with Crippen LogP contribution in [-0.2, 0) is 9.53 Å². The second-order valence-corrected chi connectivity index (χ2v) is 12.5. The molecule has 0 bridgehead atoms. The first-order valence-corrected chi connectivity index (χ1v) is 14.8. The maximum Gasteiger partial charge on any atom is 0.254 e. The van der Waals surface area contributed by atoms with E-state index in [1.165, 1.54) is 25.7 Å². The maximum absolute atomic E-state index is 14.7. The van der Waals surface area contributed by atoms with E-state index in [4.69, 9.17) is 4.74 Å². The molecule has 4 unspecified atom stereocenters. The molecule has 5 aliphatic rings. The van der Waals surface area contributed by atoms with E-state index in [9.17, 15) is 19.1 Å². The summed E-state index contributed by atoms with van der Waals surface area (Å²) in [6, 6.07) is 7.66. The summed E-state index contributed by atoms with van der Waals surface area (Å²) in [6.07, 6.45) is 8.97. The molecule has 0 radical (unpaired) electrons. The summed E-state index contributed by atoms with van der Waals surface area (Å²) in [5.41, 5.74) is -0.0356. The summed E-state index contributed by atoms with van der Waals surface area (Å²) in [6.45, 7) is 3.27. The first-order valence-electron chi connectivity index (χ1n) is 14.8. The molecule has 1 aromatic carbocycles. The van der Waals surface area contributed by atoms with Crippen molar-refractivity contribution in [1.29, 1.82) is 0 Å². The molecular weight excluding hydrogens is 485 g/mol. The van der Waals surface area contributed by atoms with E-state index in [-0.39, 0.29) is 30.1 Å². The fourth-order valence-electron chi connectivity index (χ4n) is 7.48. The number of carbonyl (C=O) groups excluding carboxylic acids is 2. The molecule has 8 heteroatoms. The van der Waals surface area contributed by atoms with Crippen molar-refractivity contribution in [1.82, 2.24) is 15.1 Å². The second-order valence-electron chi connectivity index (χ2n) is 12.5. The molecule has 5 fully saturated rings. The molecule has 2 aliphatic heterocycles. The number of carbonyl (C=O) groups is 2. The van der Waals surface area contributed by atoms with Gasteiger partial charge in [-0.25, -0.2) is 4.39 Å². The average Bonchev–Trinajstić information content (AvgIpc) is 3.64. The number of hydrogen-bond donors (Lipinski definition) is 2. The SMILES string of the molecule is C[C@@H]1CN(C(=O)c2ccc(C3NC4CCC(F)CC4(C4CCCCCC4)O3)cc2)CCN1C(=O)C1(O)CC1. The predicted molar refractivity (Wildman–Crippen MR) is 141 cm³/mol. The van der Waals surface area contributed by atoms with Gasteiger partial charge in [0.15, 0.2) is 0 Å². The number of halogens is 1. The zero-order valence-electron chi connectivity index (χ0n) is 22.5. The van der Waals surface area contributed by atoms with Gasteiger partial charge in [0.25, 0.3) is 11.8 Å². The Kier molecular flexibility index (Phi) is 7.02. The third kappa shape index (κ3) is 4.77. The van der Waals surface area contributed by atoms with Crippen molar-refractivity contribution in [2.45, 2.75) is 113 Å². The number of aliphatic hydroxyl groups is 1. The van der Waals surface area contributed by atoms with Crippen LogP contribution in [0.15, 0.2) is 24.3 Å². The van der Waals surface area contributed by atoms with Gasteiger partial charge in [-0.1, -0.05) is 37.8 Å². The summed E-state index contributed by atoms with van der Waals surface area (Å²) in [7, 11) is 0. The lowest BCUT2D eigenvalue weighted by Crippen LogP contribution is -2.57. The van der Waals surface area contributed by atoms with Crippen molar-refractivity contribution in [2.24, 2.45) is 5.92 Å². The van der Waals surface area contributed by atoms with Crippen LogP contribution in [0.25, 0.3) is 0 Å². The number of fused-ring (bicyclic) bond motifs is 1. The van der Waals surface area contributed by atoms with Gasteiger partial charge in [-0.15, -0.1) is 0 Å². The molecule has 2 amide bonds. The van der Waals surface area contributed by atoms with E-state index >= 15 is 0 Å². The van der Waals surface area contributed by atoms with Crippen molar-refractivity contribution in [2.75, 3.05) is 19.6 Å². The topological polar surface area (TPSA) is 82.1 Å². The second kappa shape index (κ2) is 10.2. The third-order valence-electron chi connectivity index (χ3n) is 9.89. The Morgan fingerprint density at radius 2 is 1.74 bits per heavy atom. The van der Waals surface area contributed by atoms with Crippen LogP contribution in [0.1, 0.15) is 99.7 Å². The van der Waals surface area contributed by atoms with Crippen LogP contribution in [0.5, 0.6) is 0 Å². The van der Waals surface area contributed by atoms with Gasteiger partial charge in [-0.05, 0) is 69.1 Å². The Balaban J connectivity index is 1.12. The zero-order chi connectivity index (χ0) is 26.5. The summed E-state index contributed by atoms with van der Waals surface area (Å²) in [5.74, 6) is 0.136. The van der Waals surface area contributed by atoms with Crippen LogP contribution in [0.4, 0.5) is 4.39 Å². The van der Waals surface area contributed by atoms with E-state index in [2.05, 4.69) is 5.32 Å². The molecule has 2 heterocycles. The number of hydrogen-bond acceptors (Lipinski definition) is 5. The molecule has 208 valence electrons. The highest BCUT2D eigenvalue weighted by Crippen LogP contribution is 2.50. The summed E-state index contributed by atoms with van der Waals surface area (Å²) in [5, 5.41) is 13.9.